The van der Waals surface area contributed by atoms with Gasteiger partial charge in [-0.15, -0.1) is 0 Å². The minimum absolute atomic E-state index is 0.167. The fourth-order valence-electron chi connectivity index (χ4n) is 1.42. The van der Waals surface area contributed by atoms with E-state index >= 15 is 0 Å². The van der Waals surface area contributed by atoms with E-state index in [-0.39, 0.29) is 5.75 Å². The van der Waals surface area contributed by atoms with Gasteiger partial charge in [-0.3, -0.25) is 10.3 Å². The maximum absolute atomic E-state index is 11.0. The zero-order valence-corrected chi connectivity index (χ0v) is 11.9. The Kier molecular flexibility index (Phi) is 5.71. The Morgan fingerprint density at radius 1 is 1.33 bits per heavy atom. The molecular weight excluding hydrogens is 276 g/mol. The first-order valence-electron chi connectivity index (χ1n) is 5.42. The maximum atomic E-state index is 11.0. The molecule has 102 valence electrons. The minimum Gasteiger partial charge on any atom is -0.383 e. The van der Waals surface area contributed by atoms with Crippen LogP contribution in [-0.4, -0.2) is 34.1 Å². The Labute approximate surface area is 112 Å². The lowest BCUT2D eigenvalue weighted by Crippen LogP contribution is -2.11. The van der Waals surface area contributed by atoms with Crippen LogP contribution in [0, 0.1) is 0 Å². The van der Waals surface area contributed by atoms with E-state index in [4.69, 9.17) is 16.4 Å². The van der Waals surface area contributed by atoms with Gasteiger partial charge in [0.15, 0.2) is 0 Å². The van der Waals surface area contributed by atoms with E-state index in [2.05, 4.69) is 10.8 Å². The van der Waals surface area contributed by atoms with Gasteiger partial charge < -0.3 is 5.32 Å². The molecule has 0 unspecified atom stereocenters. The molecule has 0 heterocycles. The standard InChI is InChI=1S/C11H17ClN2O3S/c1-17-14-11-8-9(12)4-5-10(11)13-6-3-7-18(2,15)16/h4-5,8,13-14H,3,6-7H2,1-2H3. The molecule has 1 rings (SSSR count). The largest absolute Gasteiger partial charge is 0.383 e. The Morgan fingerprint density at radius 2 is 2.06 bits per heavy atom. The predicted octanol–water partition coefficient (Wildman–Crippen LogP) is 2.16. The van der Waals surface area contributed by atoms with Gasteiger partial charge in [0.25, 0.3) is 0 Å². The summed E-state index contributed by atoms with van der Waals surface area (Å²) in [5.74, 6) is 0.167. The monoisotopic (exact) mass is 292 g/mol. The average molecular weight is 293 g/mol. The number of sulfone groups is 1. The smallest absolute Gasteiger partial charge is 0.147 e. The molecule has 1 aromatic rings. The Morgan fingerprint density at radius 3 is 2.67 bits per heavy atom. The van der Waals surface area contributed by atoms with Crippen LogP contribution in [0.2, 0.25) is 5.02 Å². The molecule has 0 saturated carbocycles. The fourth-order valence-corrected chi connectivity index (χ4v) is 2.26. The van der Waals surface area contributed by atoms with Crippen molar-refractivity contribution in [1.82, 2.24) is 0 Å². The minimum atomic E-state index is -2.91. The van der Waals surface area contributed by atoms with Gasteiger partial charge in [0.2, 0.25) is 0 Å². The van der Waals surface area contributed by atoms with Crippen LogP contribution in [0.1, 0.15) is 6.42 Å². The third-order valence-corrected chi connectivity index (χ3v) is 3.47. The molecule has 0 aliphatic carbocycles. The van der Waals surface area contributed by atoms with Crippen molar-refractivity contribution in [3.63, 3.8) is 0 Å². The summed E-state index contributed by atoms with van der Waals surface area (Å²) in [5, 5.41) is 3.73. The molecule has 0 bridgehead atoms. The highest BCUT2D eigenvalue weighted by Crippen LogP contribution is 2.25. The van der Waals surface area contributed by atoms with Crippen molar-refractivity contribution in [2.45, 2.75) is 6.42 Å². The van der Waals surface area contributed by atoms with Crippen molar-refractivity contribution in [3.05, 3.63) is 23.2 Å². The summed E-state index contributed by atoms with van der Waals surface area (Å²) in [4.78, 5) is 4.84. The lowest BCUT2D eigenvalue weighted by Gasteiger charge is -2.12. The van der Waals surface area contributed by atoms with Crippen molar-refractivity contribution in [1.29, 1.82) is 0 Å². The second-order valence-electron chi connectivity index (χ2n) is 3.91. The number of benzene rings is 1. The molecule has 0 aromatic heterocycles. The second kappa shape index (κ2) is 6.82. The summed E-state index contributed by atoms with van der Waals surface area (Å²) < 4.78 is 22.0. The molecule has 0 aliphatic rings. The lowest BCUT2D eigenvalue weighted by atomic mass is 10.2. The van der Waals surface area contributed by atoms with Gasteiger partial charge in [-0.1, -0.05) is 11.6 Å². The van der Waals surface area contributed by atoms with Gasteiger partial charge in [0.05, 0.1) is 24.2 Å². The number of anilines is 2. The molecule has 18 heavy (non-hydrogen) atoms. The molecule has 0 spiro atoms. The van der Waals surface area contributed by atoms with Crippen LogP contribution in [-0.2, 0) is 14.7 Å². The van der Waals surface area contributed by atoms with Crippen LogP contribution < -0.4 is 10.8 Å². The molecule has 7 heteroatoms. The molecule has 0 saturated heterocycles. The van der Waals surface area contributed by atoms with Gasteiger partial charge in [-0.25, -0.2) is 8.42 Å². The molecule has 0 aliphatic heterocycles. The highest BCUT2D eigenvalue weighted by molar-refractivity contribution is 7.90. The first-order valence-corrected chi connectivity index (χ1v) is 7.86. The zero-order valence-electron chi connectivity index (χ0n) is 10.4. The molecule has 0 atom stereocenters. The summed E-state index contributed by atoms with van der Waals surface area (Å²) in [6.07, 6.45) is 1.78. The van der Waals surface area contributed by atoms with Crippen molar-refractivity contribution in [2.75, 3.05) is 36.5 Å². The second-order valence-corrected chi connectivity index (χ2v) is 6.60. The zero-order chi connectivity index (χ0) is 13.6. The van der Waals surface area contributed by atoms with Crippen LogP contribution in [0.3, 0.4) is 0 Å². The predicted molar refractivity (Wildman–Crippen MR) is 74.9 cm³/mol. The van der Waals surface area contributed by atoms with Gasteiger partial charge in [0, 0.05) is 17.8 Å². The van der Waals surface area contributed by atoms with Crippen LogP contribution in [0.25, 0.3) is 0 Å². The van der Waals surface area contributed by atoms with Crippen LogP contribution in [0.4, 0.5) is 11.4 Å². The summed E-state index contributed by atoms with van der Waals surface area (Å²) >= 11 is 5.87. The van der Waals surface area contributed by atoms with Gasteiger partial charge in [0.1, 0.15) is 9.84 Å². The van der Waals surface area contributed by atoms with Crippen LogP contribution in [0.15, 0.2) is 18.2 Å². The lowest BCUT2D eigenvalue weighted by molar-refractivity contribution is 0.271. The molecule has 0 fully saturated rings. The topological polar surface area (TPSA) is 67.4 Å². The van der Waals surface area contributed by atoms with Crippen molar-refractivity contribution < 1.29 is 13.3 Å². The van der Waals surface area contributed by atoms with Crippen LogP contribution in [0.5, 0.6) is 0 Å². The van der Waals surface area contributed by atoms with Crippen molar-refractivity contribution >= 4 is 32.8 Å². The quantitative estimate of drug-likeness (QED) is 0.595. The normalized spacial score (nSPS) is 11.3. The average Bonchev–Trinajstić information content (AvgIpc) is 2.26. The Balaban J connectivity index is 2.56. The number of rotatable bonds is 7. The summed E-state index contributed by atoms with van der Waals surface area (Å²) in [6.45, 7) is 0.563. The third-order valence-electron chi connectivity index (χ3n) is 2.20. The number of hydrogen-bond acceptors (Lipinski definition) is 5. The van der Waals surface area contributed by atoms with Crippen molar-refractivity contribution in [3.8, 4) is 0 Å². The first kappa shape index (κ1) is 15.1. The summed E-state index contributed by atoms with van der Waals surface area (Å²) in [5.41, 5.74) is 4.24. The van der Waals surface area contributed by atoms with Gasteiger partial charge in [-0.05, 0) is 24.6 Å². The SMILES string of the molecule is CONc1cc(Cl)ccc1NCCCS(C)(=O)=O. The van der Waals surface area contributed by atoms with E-state index in [1.807, 2.05) is 6.07 Å². The fraction of sp³-hybridized carbons (Fsp3) is 0.455. The van der Waals surface area contributed by atoms with E-state index < -0.39 is 9.84 Å². The number of nitrogens with one attached hydrogen (secondary N) is 2. The third kappa shape index (κ3) is 5.57. The molecular formula is C11H17ClN2O3S. The first-order chi connectivity index (χ1) is 8.42. The molecule has 0 amide bonds. The van der Waals surface area contributed by atoms with E-state index in [0.29, 0.717) is 23.7 Å². The van der Waals surface area contributed by atoms with Crippen molar-refractivity contribution in [2.24, 2.45) is 0 Å². The van der Waals surface area contributed by atoms with E-state index in [1.54, 1.807) is 12.1 Å². The molecule has 5 nitrogen and oxygen atoms in total. The van der Waals surface area contributed by atoms with E-state index in [9.17, 15) is 8.42 Å². The summed E-state index contributed by atoms with van der Waals surface area (Å²) in [7, 11) is -1.40. The van der Waals surface area contributed by atoms with Gasteiger partial charge >= 0.3 is 0 Å². The highest BCUT2D eigenvalue weighted by atomic mass is 35.5. The maximum Gasteiger partial charge on any atom is 0.147 e. The van der Waals surface area contributed by atoms with E-state index in [1.165, 1.54) is 13.4 Å². The van der Waals surface area contributed by atoms with Crippen LogP contribution >= 0.6 is 11.6 Å². The van der Waals surface area contributed by atoms with E-state index in [0.717, 1.165) is 5.69 Å². The van der Waals surface area contributed by atoms with Gasteiger partial charge in [-0.2, -0.15) is 0 Å². The number of hydrogen-bond donors (Lipinski definition) is 2. The molecule has 2 N–H and O–H groups in total. The number of halogens is 1. The molecule has 1 aromatic carbocycles. The Hall–Kier alpha value is -0.980. The summed E-state index contributed by atoms with van der Waals surface area (Å²) in [6, 6.07) is 5.29. The highest BCUT2D eigenvalue weighted by Gasteiger charge is 2.04. The molecule has 0 radical (unpaired) electrons. The Bertz CT molecular complexity index is 491.